The van der Waals surface area contributed by atoms with Gasteiger partial charge in [0.25, 0.3) is 0 Å². The standard InChI is InChI=1S/C24H33ClN2O5/c1-24(2,3)32-22(29)26-12-8-7-11-19(26)14-18(15-25)21(28)27-20(16-31-23(27)30)13-17-9-5-4-6-10-17/h4-6,9-10,18-20H,7-8,11-16H2,1-3H3/t18-,19+,20-/m0/s1. The normalized spacial score (nSPS) is 22.4. The molecular formula is C24H33ClN2O5. The summed E-state index contributed by atoms with van der Waals surface area (Å²) in [4.78, 5) is 41.5. The number of cyclic esters (lactones) is 1. The number of hydrogen-bond acceptors (Lipinski definition) is 5. The number of halogens is 1. The van der Waals surface area contributed by atoms with Crippen LogP contribution in [0.5, 0.6) is 0 Å². The van der Waals surface area contributed by atoms with E-state index in [1.807, 2.05) is 51.1 Å². The number of hydrogen-bond donors (Lipinski definition) is 0. The Bertz CT molecular complexity index is 810. The van der Waals surface area contributed by atoms with Crippen LogP contribution in [0.15, 0.2) is 30.3 Å². The van der Waals surface area contributed by atoms with Crippen molar-refractivity contribution < 1.29 is 23.9 Å². The molecule has 2 fully saturated rings. The Hall–Kier alpha value is -2.28. The van der Waals surface area contributed by atoms with Crippen LogP contribution in [0.25, 0.3) is 0 Å². The topological polar surface area (TPSA) is 76.2 Å². The van der Waals surface area contributed by atoms with Crippen LogP contribution >= 0.6 is 11.6 Å². The fourth-order valence-electron chi connectivity index (χ4n) is 4.33. The quantitative estimate of drug-likeness (QED) is 0.574. The number of carbonyl (C=O) groups is 3. The van der Waals surface area contributed by atoms with Crippen molar-refractivity contribution in [3.05, 3.63) is 35.9 Å². The van der Waals surface area contributed by atoms with E-state index in [0.29, 0.717) is 19.4 Å². The molecule has 0 N–H and O–H groups in total. The van der Waals surface area contributed by atoms with Crippen molar-refractivity contribution in [1.82, 2.24) is 9.80 Å². The molecule has 3 rings (SSSR count). The van der Waals surface area contributed by atoms with Gasteiger partial charge in [0.1, 0.15) is 12.2 Å². The molecule has 0 aliphatic carbocycles. The van der Waals surface area contributed by atoms with Gasteiger partial charge in [0.15, 0.2) is 0 Å². The molecule has 0 saturated carbocycles. The summed E-state index contributed by atoms with van der Waals surface area (Å²) >= 11 is 6.22. The average molecular weight is 465 g/mol. The molecule has 7 nitrogen and oxygen atoms in total. The zero-order valence-electron chi connectivity index (χ0n) is 19.1. The zero-order valence-corrected chi connectivity index (χ0v) is 19.8. The third-order valence-corrected chi connectivity index (χ3v) is 6.23. The molecule has 2 heterocycles. The molecule has 32 heavy (non-hydrogen) atoms. The van der Waals surface area contributed by atoms with Gasteiger partial charge in [0.2, 0.25) is 5.91 Å². The van der Waals surface area contributed by atoms with E-state index >= 15 is 0 Å². The maximum Gasteiger partial charge on any atom is 0.416 e. The van der Waals surface area contributed by atoms with E-state index in [4.69, 9.17) is 21.1 Å². The molecule has 0 aromatic heterocycles. The first-order chi connectivity index (χ1) is 15.2. The van der Waals surface area contributed by atoms with Crippen LogP contribution in [0.1, 0.15) is 52.0 Å². The van der Waals surface area contributed by atoms with Crippen LogP contribution in [0.4, 0.5) is 9.59 Å². The monoisotopic (exact) mass is 464 g/mol. The molecule has 3 atom stereocenters. The second-order valence-electron chi connectivity index (χ2n) is 9.54. The minimum atomic E-state index is -0.626. The number of rotatable bonds is 6. The maximum atomic E-state index is 13.4. The van der Waals surface area contributed by atoms with Gasteiger partial charge < -0.3 is 14.4 Å². The third-order valence-electron chi connectivity index (χ3n) is 5.86. The molecule has 8 heteroatoms. The molecule has 0 unspecified atom stereocenters. The first-order valence-electron chi connectivity index (χ1n) is 11.3. The van der Waals surface area contributed by atoms with Gasteiger partial charge in [-0.1, -0.05) is 30.3 Å². The Morgan fingerprint density at radius 3 is 2.56 bits per heavy atom. The minimum absolute atomic E-state index is 0.0688. The van der Waals surface area contributed by atoms with Crippen molar-refractivity contribution in [3.8, 4) is 0 Å². The summed E-state index contributed by atoms with van der Waals surface area (Å²) in [5.74, 6) is -0.856. The summed E-state index contributed by atoms with van der Waals surface area (Å²) in [6, 6.07) is 9.18. The Morgan fingerprint density at radius 1 is 1.19 bits per heavy atom. The lowest BCUT2D eigenvalue weighted by atomic mass is 9.92. The van der Waals surface area contributed by atoms with E-state index in [9.17, 15) is 14.4 Å². The van der Waals surface area contributed by atoms with Crippen LogP contribution in [-0.4, -0.2) is 64.6 Å². The van der Waals surface area contributed by atoms with Crippen LogP contribution in [0, 0.1) is 5.92 Å². The minimum Gasteiger partial charge on any atom is -0.447 e. The van der Waals surface area contributed by atoms with Crippen LogP contribution < -0.4 is 0 Å². The van der Waals surface area contributed by atoms with E-state index in [-0.39, 0.29) is 36.6 Å². The number of piperidine rings is 1. The van der Waals surface area contributed by atoms with E-state index in [0.717, 1.165) is 24.8 Å². The Morgan fingerprint density at radius 2 is 1.91 bits per heavy atom. The highest BCUT2D eigenvalue weighted by Gasteiger charge is 2.42. The molecule has 2 aliphatic heterocycles. The number of likely N-dealkylation sites (tertiary alicyclic amines) is 1. The number of imide groups is 1. The fourth-order valence-corrected chi connectivity index (χ4v) is 4.59. The number of nitrogens with zero attached hydrogens (tertiary/aromatic N) is 2. The van der Waals surface area contributed by atoms with Crippen LogP contribution in [-0.2, 0) is 20.7 Å². The fraction of sp³-hybridized carbons (Fsp3) is 0.625. The van der Waals surface area contributed by atoms with Crippen molar-refractivity contribution in [2.45, 2.75) is 70.6 Å². The predicted molar refractivity (Wildman–Crippen MR) is 122 cm³/mol. The summed E-state index contributed by atoms with van der Waals surface area (Å²) in [5.41, 5.74) is 0.435. The van der Waals surface area contributed by atoms with Crippen molar-refractivity contribution in [2.75, 3.05) is 19.0 Å². The molecule has 3 amide bonds. The highest BCUT2D eigenvalue weighted by atomic mass is 35.5. The van der Waals surface area contributed by atoms with Crippen LogP contribution in [0.3, 0.4) is 0 Å². The molecule has 1 aromatic rings. The van der Waals surface area contributed by atoms with Gasteiger partial charge >= 0.3 is 12.2 Å². The van der Waals surface area contributed by atoms with Crippen molar-refractivity contribution in [3.63, 3.8) is 0 Å². The van der Waals surface area contributed by atoms with Crippen molar-refractivity contribution in [2.24, 2.45) is 5.92 Å². The SMILES string of the molecule is CC(C)(C)OC(=O)N1CCCC[C@@H]1C[C@@H](CCl)C(=O)N1C(=O)OC[C@@H]1Cc1ccccc1. The lowest BCUT2D eigenvalue weighted by Crippen LogP contribution is -2.49. The highest BCUT2D eigenvalue weighted by molar-refractivity contribution is 6.19. The van der Waals surface area contributed by atoms with Crippen molar-refractivity contribution >= 4 is 29.7 Å². The number of benzene rings is 1. The molecule has 0 bridgehead atoms. The molecule has 0 radical (unpaired) electrons. The second-order valence-corrected chi connectivity index (χ2v) is 9.85. The third kappa shape index (κ3) is 6.15. The molecule has 0 spiro atoms. The average Bonchev–Trinajstić information content (AvgIpc) is 3.11. The van der Waals surface area contributed by atoms with Gasteiger partial charge in [-0.15, -0.1) is 11.6 Å². The molecule has 2 saturated heterocycles. The highest BCUT2D eigenvalue weighted by Crippen LogP contribution is 2.28. The Balaban J connectivity index is 1.70. The lowest BCUT2D eigenvalue weighted by molar-refractivity contribution is -0.133. The summed E-state index contributed by atoms with van der Waals surface area (Å²) in [7, 11) is 0. The van der Waals surface area contributed by atoms with E-state index < -0.39 is 17.6 Å². The largest absolute Gasteiger partial charge is 0.447 e. The second kappa shape index (κ2) is 10.6. The summed E-state index contributed by atoms with van der Waals surface area (Å²) in [5, 5.41) is 0. The van der Waals surface area contributed by atoms with Crippen molar-refractivity contribution in [1.29, 1.82) is 0 Å². The van der Waals surface area contributed by atoms with Gasteiger partial charge in [-0.25, -0.2) is 14.5 Å². The Labute approximate surface area is 195 Å². The Kier molecular flexibility index (Phi) is 8.04. The van der Waals surface area contributed by atoms with E-state index in [2.05, 4.69) is 0 Å². The van der Waals surface area contributed by atoms with Gasteiger partial charge in [-0.05, 0) is 58.4 Å². The van der Waals surface area contributed by atoms with Gasteiger partial charge in [-0.3, -0.25) is 4.79 Å². The smallest absolute Gasteiger partial charge is 0.416 e. The summed E-state index contributed by atoms with van der Waals surface area (Å²) in [6.07, 6.45) is 2.56. The number of alkyl halides is 1. The summed E-state index contributed by atoms with van der Waals surface area (Å²) < 4.78 is 10.8. The first kappa shape index (κ1) is 24.4. The zero-order chi connectivity index (χ0) is 23.3. The van der Waals surface area contributed by atoms with Gasteiger partial charge in [0.05, 0.1) is 12.0 Å². The van der Waals surface area contributed by atoms with Gasteiger partial charge in [-0.2, -0.15) is 0 Å². The summed E-state index contributed by atoms with van der Waals surface area (Å²) in [6.45, 7) is 6.26. The number of amides is 3. The molecule has 176 valence electrons. The number of carbonyl (C=O) groups excluding carboxylic acids is 3. The molecular weight excluding hydrogens is 432 g/mol. The van der Waals surface area contributed by atoms with E-state index in [1.54, 1.807) is 4.90 Å². The molecule has 1 aromatic carbocycles. The number of ether oxygens (including phenoxy) is 2. The molecule has 2 aliphatic rings. The van der Waals surface area contributed by atoms with E-state index in [1.165, 1.54) is 4.90 Å². The van der Waals surface area contributed by atoms with Crippen LogP contribution in [0.2, 0.25) is 0 Å². The predicted octanol–water partition coefficient (Wildman–Crippen LogP) is 4.61. The van der Waals surface area contributed by atoms with Gasteiger partial charge in [0, 0.05) is 18.5 Å². The first-order valence-corrected chi connectivity index (χ1v) is 11.8. The maximum absolute atomic E-state index is 13.4. The lowest BCUT2D eigenvalue weighted by Gasteiger charge is -2.38.